The summed E-state index contributed by atoms with van der Waals surface area (Å²) in [5, 5.41) is 26.3. The number of aromatic nitrogens is 2. The molecule has 0 radical (unpaired) electrons. The van der Waals surface area contributed by atoms with Gasteiger partial charge >= 0.3 is 0 Å². The van der Waals surface area contributed by atoms with Gasteiger partial charge in [0.1, 0.15) is 17.4 Å². The first-order valence-corrected chi connectivity index (χ1v) is 7.83. The SMILES string of the molecule is Cc1[nH]nc2c1[C@@H](c1cc(Br)c(O)c(Br)c1)C(C#N)=C(N)O2. The zero-order valence-electron chi connectivity index (χ0n) is 11.3. The Morgan fingerprint density at radius 1 is 1.41 bits per heavy atom. The largest absolute Gasteiger partial charge is 0.506 e. The number of allylic oxidation sites excluding steroid dienone is 1. The van der Waals surface area contributed by atoms with Crippen molar-refractivity contribution >= 4 is 31.9 Å². The second kappa shape index (κ2) is 5.34. The number of aryl methyl sites for hydroxylation is 1. The van der Waals surface area contributed by atoms with Crippen molar-refractivity contribution in [3.63, 3.8) is 0 Å². The van der Waals surface area contributed by atoms with Gasteiger partial charge in [-0.25, -0.2) is 0 Å². The molecule has 0 spiro atoms. The van der Waals surface area contributed by atoms with Crippen molar-refractivity contribution in [1.82, 2.24) is 10.2 Å². The molecule has 0 unspecified atom stereocenters. The Morgan fingerprint density at radius 2 is 2.05 bits per heavy atom. The van der Waals surface area contributed by atoms with E-state index in [2.05, 4.69) is 48.1 Å². The third kappa shape index (κ3) is 2.17. The molecule has 0 aliphatic carbocycles. The summed E-state index contributed by atoms with van der Waals surface area (Å²) in [4.78, 5) is 0. The van der Waals surface area contributed by atoms with Crippen LogP contribution in [-0.4, -0.2) is 15.3 Å². The number of hydrogen-bond acceptors (Lipinski definition) is 5. The highest BCUT2D eigenvalue weighted by molar-refractivity contribution is 9.11. The monoisotopic (exact) mass is 424 g/mol. The fourth-order valence-electron chi connectivity index (χ4n) is 2.48. The Bertz CT molecular complexity index is 828. The number of rotatable bonds is 1. The molecule has 0 fully saturated rings. The maximum Gasteiger partial charge on any atom is 0.244 e. The number of nitrogens with two attached hydrogens (primary N) is 1. The van der Waals surface area contributed by atoms with E-state index in [-0.39, 0.29) is 11.6 Å². The molecule has 112 valence electrons. The van der Waals surface area contributed by atoms with Crippen LogP contribution in [0.25, 0.3) is 0 Å². The minimum Gasteiger partial charge on any atom is -0.506 e. The number of aromatic hydroxyl groups is 1. The third-order valence-corrected chi connectivity index (χ3v) is 4.71. The molecule has 22 heavy (non-hydrogen) atoms. The number of phenolic OH excluding ortho intramolecular Hbond substituents is 1. The number of phenols is 1. The first-order chi connectivity index (χ1) is 10.4. The van der Waals surface area contributed by atoms with Gasteiger partial charge in [0.05, 0.1) is 14.9 Å². The van der Waals surface area contributed by atoms with Crippen molar-refractivity contribution < 1.29 is 9.84 Å². The lowest BCUT2D eigenvalue weighted by Crippen LogP contribution is -2.21. The van der Waals surface area contributed by atoms with Gasteiger partial charge in [0.15, 0.2) is 0 Å². The van der Waals surface area contributed by atoms with Crippen molar-refractivity contribution in [3.8, 4) is 17.7 Å². The minimum atomic E-state index is -0.416. The highest BCUT2D eigenvalue weighted by Gasteiger charge is 2.34. The van der Waals surface area contributed by atoms with E-state index in [4.69, 9.17) is 10.5 Å². The Labute approximate surface area is 142 Å². The van der Waals surface area contributed by atoms with Gasteiger partial charge in [-0.3, -0.25) is 5.10 Å². The molecule has 2 aromatic rings. The van der Waals surface area contributed by atoms with Crippen molar-refractivity contribution in [1.29, 1.82) is 5.26 Å². The second-order valence-corrected chi connectivity index (χ2v) is 6.53. The first-order valence-electron chi connectivity index (χ1n) is 6.24. The highest BCUT2D eigenvalue weighted by Crippen LogP contribution is 2.45. The first kappa shape index (κ1) is 14.9. The zero-order chi connectivity index (χ0) is 16.0. The number of ether oxygens (including phenoxy) is 1. The van der Waals surface area contributed by atoms with E-state index in [0.29, 0.717) is 20.4 Å². The van der Waals surface area contributed by atoms with Gasteiger partial charge in [0.25, 0.3) is 0 Å². The number of halogens is 2. The lowest BCUT2D eigenvalue weighted by atomic mass is 9.84. The molecule has 4 N–H and O–H groups in total. The number of aromatic amines is 1. The Hall–Kier alpha value is -1.98. The normalized spacial score (nSPS) is 16.9. The summed E-state index contributed by atoms with van der Waals surface area (Å²) in [6, 6.07) is 5.60. The molecule has 0 saturated carbocycles. The van der Waals surface area contributed by atoms with Crippen LogP contribution in [0.1, 0.15) is 22.7 Å². The number of hydrogen-bond donors (Lipinski definition) is 3. The van der Waals surface area contributed by atoms with Crippen molar-refractivity contribution in [2.45, 2.75) is 12.8 Å². The molecule has 3 rings (SSSR count). The molecular formula is C14H10Br2N4O2. The van der Waals surface area contributed by atoms with Gasteiger partial charge in [-0.2, -0.15) is 5.26 Å². The molecule has 1 aliphatic rings. The number of fused-ring (bicyclic) bond motifs is 1. The summed E-state index contributed by atoms with van der Waals surface area (Å²) < 4.78 is 6.44. The highest BCUT2D eigenvalue weighted by atomic mass is 79.9. The topological polar surface area (TPSA) is 108 Å². The van der Waals surface area contributed by atoms with Gasteiger partial charge in [-0.15, -0.1) is 5.10 Å². The van der Waals surface area contributed by atoms with Gasteiger partial charge < -0.3 is 15.6 Å². The number of H-pyrrole nitrogens is 1. The molecule has 1 aromatic heterocycles. The molecule has 1 aromatic carbocycles. The minimum absolute atomic E-state index is 0.0341. The molecule has 0 amide bonds. The van der Waals surface area contributed by atoms with Crippen molar-refractivity contribution in [2.75, 3.05) is 0 Å². The predicted molar refractivity (Wildman–Crippen MR) is 86.1 cm³/mol. The lowest BCUT2D eigenvalue weighted by Gasteiger charge is -2.24. The van der Waals surface area contributed by atoms with E-state index in [1.54, 1.807) is 12.1 Å². The van der Waals surface area contributed by atoms with Crippen LogP contribution in [-0.2, 0) is 0 Å². The summed E-state index contributed by atoms with van der Waals surface area (Å²) in [6.07, 6.45) is 0. The summed E-state index contributed by atoms with van der Waals surface area (Å²) in [5.74, 6) is 0.0715. The van der Waals surface area contributed by atoms with Crippen molar-refractivity contribution in [2.24, 2.45) is 5.73 Å². The van der Waals surface area contributed by atoms with E-state index in [0.717, 1.165) is 16.8 Å². The Morgan fingerprint density at radius 3 is 2.64 bits per heavy atom. The van der Waals surface area contributed by atoms with Crippen LogP contribution < -0.4 is 10.5 Å². The summed E-state index contributed by atoms with van der Waals surface area (Å²) in [6.45, 7) is 1.85. The molecule has 1 atom stereocenters. The fourth-order valence-corrected chi connectivity index (χ4v) is 3.71. The lowest BCUT2D eigenvalue weighted by molar-refractivity contribution is 0.378. The van der Waals surface area contributed by atoms with Gasteiger partial charge in [0.2, 0.25) is 11.8 Å². The van der Waals surface area contributed by atoms with E-state index < -0.39 is 5.92 Å². The molecule has 6 nitrogen and oxygen atoms in total. The fraction of sp³-hybridized carbons (Fsp3) is 0.143. The quantitative estimate of drug-likeness (QED) is 0.650. The third-order valence-electron chi connectivity index (χ3n) is 3.50. The zero-order valence-corrected chi connectivity index (χ0v) is 14.5. The van der Waals surface area contributed by atoms with Crippen LogP contribution in [0.4, 0.5) is 0 Å². The number of nitrogens with one attached hydrogen (secondary N) is 1. The van der Waals surface area contributed by atoms with Crippen LogP contribution in [0.5, 0.6) is 11.6 Å². The molecule has 0 saturated heterocycles. The average molecular weight is 426 g/mol. The van der Waals surface area contributed by atoms with Crippen LogP contribution in [0.15, 0.2) is 32.5 Å². The van der Waals surface area contributed by atoms with Gasteiger partial charge in [-0.05, 0) is 56.5 Å². The van der Waals surface area contributed by atoms with Gasteiger partial charge in [-0.1, -0.05) is 0 Å². The number of nitrogens with zero attached hydrogens (tertiary/aromatic N) is 2. The second-order valence-electron chi connectivity index (χ2n) is 4.83. The van der Waals surface area contributed by atoms with Crippen LogP contribution in [0.2, 0.25) is 0 Å². The van der Waals surface area contributed by atoms with E-state index >= 15 is 0 Å². The van der Waals surface area contributed by atoms with E-state index in [1.807, 2.05) is 6.92 Å². The van der Waals surface area contributed by atoms with Crippen LogP contribution in [0, 0.1) is 18.3 Å². The molecule has 8 heteroatoms. The summed E-state index contributed by atoms with van der Waals surface area (Å²) in [7, 11) is 0. The van der Waals surface area contributed by atoms with E-state index in [1.165, 1.54) is 0 Å². The Kier molecular flexibility index (Phi) is 3.62. The molecule has 0 bridgehead atoms. The summed E-state index contributed by atoms with van der Waals surface area (Å²) in [5.41, 5.74) is 8.50. The maximum absolute atomic E-state index is 9.88. The number of nitriles is 1. The smallest absolute Gasteiger partial charge is 0.244 e. The Balaban J connectivity index is 2.28. The standard InChI is InChI=1S/C14H10Br2N4O2/c1-5-10-11(6-2-8(15)12(21)9(16)3-6)7(4-17)13(18)22-14(10)20-19-5/h2-3,11,21H,18H2,1H3,(H,19,20)/t11-/m0/s1. The van der Waals surface area contributed by atoms with Gasteiger partial charge in [0, 0.05) is 11.3 Å². The van der Waals surface area contributed by atoms with Crippen molar-refractivity contribution in [3.05, 3.63) is 49.4 Å². The van der Waals surface area contributed by atoms with Crippen LogP contribution in [0.3, 0.4) is 0 Å². The molecular weight excluding hydrogens is 416 g/mol. The predicted octanol–water partition coefficient (Wildman–Crippen LogP) is 3.17. The summed E-state index contributed by atoms with van der Waals surface area (Å²) >= 11 is 6.61. The molecule has 2 heterocycles. The average Bonchev–Trinajstić information content (AvgIpc) is 2.83. The van der Waals surface area contributed by atoms with Crippen LogP contribution >= 0.6 is 31.9 Å². The van der Waals surface area contributed by atoms with E-state index in [9.17, 15) is 10.4 Å². The maximum atomic E-state index is 9.88. The molecule has 1 aliphatic heterocycles. The number of benzene rings is 1.